The largest absolute Gasteiger partial charge is 0.481 e. The van der Waals surface area contributed by atoms with Gasteiger partial charge in [-0.3, -0.25) is 9.59 Å². The Morgan fingerprint density at radius 2 is 2.05 bits per heavy atom. The highest BCUT2D eigenvalue weighted by Gasteiger charge is 2.30. The lowest BCUT2D eigenvalue weighted by molar-refractivity contribution is -0.137. The van der Waals surface area contributed by atoms with Gasteiger partial charge in [0.05, 0.1) is 0 Å². The van der Waals surface area contributed by atoms with Crippen molar-refractivity contribution in [2.24, 2.45) is 0 Å². The second-order valence-corrected chi connectivity index (χ2v) is 5.52. The number of carboxylic acid groups (broad SMARTS) is 1. The maximum atomic E-state index is 12.9. The Kier molecular flexibility index (Phi) is 5.46. The van der Waals surface area contributed by atoms with Gasteiger partial charge in [0.15, 0.2) is 0 Å². The fraction of sp³-hybridized carbons (Fsp3) is 0.467. The van der Waals surface area contributed by atoms with Crippen molar-refractivity contribution >= 4 is 11.9 Å². The predicted molar refractivity (Wildman–Crippen MR) is 78.3 cm³/mol. The molecule has 3 atom stereocenters. The quantitative estimate of drug-likeness (QED) is 0.632. The minimum absolute atomic E-state index is 0.0238. The molecule has 22 heavy (non-hydrogen) atoms. The third-order valence-electron chi connectivity index (χ3n) is 3.67. The first-order valence-electron chi connectivity index (χ1n) is 7.24. The van der Waals surface area contributed by atoms with Crippen LogP contribution in [-0.4, -0.2) is 29.1 Å². The van der Waals surface area contributed by atoms with Crippen LogP contribution in [0.1, 0.15) is 37.8 Å². The Hall–Kier alpha value is -1.99. The fourth-order valence-electron chi connectivity index (χ4n) is 2.40. The molecule has 4 N–H and O–H groups in total. The first-order valence-corrected chi connectivity index (χ1v) is 7.24. The monoisotopic (exact) mass is 309 g/mol. The van der Waals surface area contributed by atoms with Crippen LogP contribution in [0.2, 0.25) is 0 Å². The van der Waals surface area contributed by atoms with Gasteiger partial charge in [0, 0.05) is 18.5 Å². The second kappa shape index (κ2) is 7.33. The molecule has 0 aliphatic carbocycles. The topological polar surface area (TPSA) is 90.5 Å². The summed E-state index contributed by atoms with van der Waals surface area (Å²) >= 11 is 0. The van der Waals surface area contributed by atoms with E-state index in [4.69, 9.17) is 5.11 Å². The van der Waals surface area contributed by atoms with Crippen molar-refractivity contribution in [3.05, 3.63) is 35.6 Å². The van der Waals surface area contributed by atoms with Crippen molar-refractivity contribution in [1.29, 1.82) is 0 Å². The predicted octanol–water partition coefficient (Wildman–Crippen LogP) is 1.10. The van der Waals surface area contributed by atoms with Gasteiger partial charge in [-0.15, -0.1) is 0 Å². The average Bonchev–Trinajstić information content (AvgIpc) is 2.96. The van der Waals surface area contributed by atoms with E-state index in [1.54, 1.807) is 19.1 Å². The molecule has 1 aromatic carbocycles. The van der Waals surface area contributed by atoms with Crippen molar-refractivity contribution in [1.82, 2.24) is 16.2 Å². The molecule has 1 aliphatic heterocycles. The SMILES string of the molecule is CC(CCC(=O)O)NC(=O)C1CC(c2ccc(F)cc2)NN1. The highest BCUT2D eigenvalue weighted by Crippen LogP contribution is 2.22. The number of carbonyl (C=O) groups is 2. The molecular weight excluding hydrogens is 289 g/mol. The molecule has 0 saturated carbocycles. The summed E-state index contributed by atoms with van der Waals surface area (Å²) < 4.78 is 12.9. The Bertz CT molecular complexity index is 535. The number of benzene rings is 1. The van der Waals surface area contributed by atoms with Gasteiger partial charge >= 0.3 is 5.97 Å². The molecule has 7 heteroatoms. The van der Waals surface area contributed by atoms with Crippen molar-refractivity contribution in [2.45, 2.75) is 44.3 Å². The van der Waals surface area contributed by atoms with E-state index in [1.807, 2.05) is 0 Å². The Morgan fingerprint density at radius 1 is 1.36 bits per heavy atom. The van der Waals surface area contributed by atoms with E-state index in [0.717, 1.165) is 5.56 Å². The van der Waals surface area contributed by atoms with Gasteiger partial charge in [-0.2, -0.15) is 0 Å². The standard InChI is InChI=1S/C15H20FN3O3/c1-9(2-7-14(20)21)17-15(22)13-8-12(18-19-13)10-3-5-11(16)6-4-10/h3-6,9,12-13,18-19H,2,7-8H2,1H3,(H,17,22)(H,20,21). The summed E-state index contributed by atoms with van der Waals surface area (Å²) in [7, 11) is 0. The maximum Gasteiger partial charge on any atom is 0.303 e. The molecule has 0 spiro atoms. The van der Waals surface area contributed by atoms with Crippen molar-refractivity contribution < 1.29 is 19.1 Å². The van der Waals surface area contributed by atoms with Gasteiger partial charge in [0.1, 0.15) is 11.9 Å². The summed E-state index contributed by atoms with van der Waals surface area (Å²) in [5.41, 5.74) is 6.84. The van der Waals surface area contributed by atoms with Crippen LogP contribution in [0.4, 0.5) is 4.39 Å². The number of carbonyl (C=O) groups excluding carboxylic acids is 1. The van der Waals surface area contributed by atoms with E-state index in [2.05, 4.69) is 16.2 Å². The van der Waals surface area contributed by atoms with Crippen LogP contribution in [-0.2, 0) is 9.59 Å². The van der Waals surface area contributed by atoms with E-state index in [-0.39, 0.29) is 30.2 Å². The maximum absolute atomic E-state index is 12.9. The van der Waals surface area contributed by atoms with Crippen LogP contribution >= 0.6 is 0 Å². The third kappa shape index (κ3) is 4.51. The molecule has 2 rings (SSSR count). The molecular formula is C15H20FN3O3. The van der Waals surface area contributed by atoms with E-state index >= 15 is 0 Å². The molecule has 1 aromatic rings. The van der Waals surface area contributed by atoms with Gasteiger partial charge in [0.25, 0.3) is 0 Å². The van der Waals surface area contributed by atoms with Crippen LogP contribution in [0.5, 0.6) is 0 Å². The summed E-state index contributed by atoms with van der Waals surface area (Å²) in [6.07, 6.45) is 0.960. The van der Waals surface area contributed by atoms with Crippen LogP contribution < -0.4 is 16.2 Å². The highest BCUT2D eigenvalue weighted by atomic mass is 19.1. The summed E-state index contributed by atoms with van der Waals surface area (Å²) in [4.78, 5) is 22.6. The van der Waals surface area contributed by atoms with E-state index in [9.17, 15) is 14.0 Å². The van der Waals surface area contributed by atoms with Crippen LogP contribution in [0.25, 0.3) is 0 Å². The molecule has 0 bridgehead atoms. The normalized spacial score (nSPS) is 22.3. The molecule has 0 aromatic heterocycles. The van der Waals surface area contributed by atoms with Crippen molar-refractivity contribution in [2.75, 3.05) is 0 Å². The van der Waals surface area contributed by atoms with Crippen LogP contribution in [0, 0.1) is 5.82 Å². The van der Waals surface area contributed by atoms with Gasteiger partial charge in [-0.25, -0.2) is 15.2 Å². The van der Waals surface area contributed by atoms with Gasteiger partial charge in [0.2, 0.25) is 5.91 Å². The first-order chi connectivity index (χ1) is 10.5. The number of aliphatic carboxylic acids is 1. The van der Waals surface area contributed by atoms with Crippen molar-refractivity contribution in [3.63, 3.8) is 0 Å². The van der Waals surface area contributed by atoms with E-state index in [1.165, 1.54) is 12.1 Å². The zero-order valence-electron chi connectivity index (χ0n) is 12.3. The number of halogens is 1. The number of hydrazine groups is 1. The lowest BCUT2D eigenvalue weighted by Crippen LogP contribution is -2.46. The molecule has 1 fully saturated rings. The Morgan fingerprint density at radius 3 is 2.68 bits per heavy atom. The molecule has 0 radical (unpaired) electrons. The molecule has 3 unspecified atom stereocenters. The van der Waals surface area contributed by atoms with Gasteiger partial charge in [-0.1, -0.05) is 12.1 Å². The average molecular weight is 309 g/mol. The number of rotatable bonds is 6. The molecule has 120 valence electrons. The summed E-state index contributed by atoms with van der Waals surface area (Å²) in [6, 6.07) is 5.48. The highest BCUT2D eigenvalue weighted by molar-refractivity contribution is 5.82. The number of amides is 1. The van der Waals surface area contributed by atoms with Crippen LogP contribution in [0.3, 0.4) is 0 Å². The van der Waals surface area contributed by atoms with Gasteiger partial charge < -0.3 is 10.4 Å². The fourth-order valence-corrected chi connectivity index (χ4v) is 2.40. The summed E-state index contributed by atoms with van der Waals surface area (Å²) in [5.74, 6) is -1.34. The van der Waals surface area contributed by atoms with Crippen LogP contribution in [0.15, 0.2) is 24.3 Å². The summed E-state index contributed by atoms with van der Waals surface area (Å²) in [6.45, 7) is 1.78. The Balaban J connectivity index is 1.83. The molecule has 1 aliphatic rings. The van der Waals surface area contributed by atoms with Gasteiger partial charge in [-0.05, 0) is 37.5 Å². The Labute approximate surface area is 128 Å². The number of hydrogen-bond donors (Lipinski definition) is 4. The van der Waals surface area contributed by atoms with Crippen molar-refractivity contribution in [3.8, 4) is 0 Å². The zero-order chi connectivity index (χ0) is 16.1. The third-order valence-corrected chi connectivity index (χ3v) is 3.67. The minimum Gasteiger partial charge on any atom is -0.481 e. The zero-order valence-corrected chi connectivity index (χ0v) is 12.3. The lowest BCUT2D eigenvalue weighted by Gasteiger charge is -2.16. The number of nitrogens with one attached hydrogen (secondary N) is 3. The van der Waals surface area contributed by atoms with E-state index < -0.39 is 12.0 Å². The number of hydrogen-bond acceptors (Lipinski definition) is 4. The molecule has 6 nitrogen and oxygen atoms in total. The molecule has 1 heterocycles. The molecule has 1 amide bonds. The first kappa shape index (κ1) is 16.4. The van der Waals surface area contributed by atoms with E-state index in [0.29, 0.717) is 12.8 Å². The second-order valence-electron chi connectivity index (χ2n) is 5.52. The number of carboxylic acids is 1. The smallest absolute Gasteiger partial charge is 0.303 e. The summed E-state index contributed by atoms with van der Waals surface area (Å²) in [5, 5.41) is 11.4. The molecule has 1 saturated heterocycles. The minimum atomic E-state index is -0.877. The lowest BCUT2D eigenvalue weighted by atomic mass is 10.0.